The van der Waals surface area contributed by atoms with Crippen LogP contribution < -0.4 is 5.73 Å². The van der Waals surface area contributed by atoms with Crippen LogP contribution in [0.5, 0.6) is 0 Å². The molecule has 0 spiro atoms. The highest BCUT2D eigenvalue weighted by atomic mass is 19.4. The van der Waals surface area contributed by atoms with E-state index in [1.807, 2.05) is 0 Å². The molecule has 0 aliphatic rings. The second kappa shape index (κ2) is 12.0. The molecule has 1 unspecified atom stereocenters. The number of alkyl halides is 6. The maximum atomic E-state index is 14.2. The molecule has 0 radical (unpaired) electrons. The molecule has 37 heavy (non-hydrogen) atoms. The predicted octanol–water partition coefficient (Wildman–Crippen LogP) is 6.46. The minimum atomic E-state index is -4.82. The fourth-order valence-corrected chi connectivity index (χ4v) is 3.30. The van der Waals surface area contributed by atoms with E-state index in [1.54, 1.807) is 13.8 Å². The SMILES string of the molecule is C=CN(/C=C(\C(N)=O)c1cccnc1F)/N=C(/c1cc(CCC(F)(F)F)cc(C(F)(F)F)c1)C(C)CC. The molecule has 0 aliphatic carbocycles. The van der Waals surface area contributed by atoms with E-state index in [0.717, 1.165) is 29.7 Å². The molecule has 1 aromatic carbocycles. The van der Waals surface area contributed by atoms with Crippen LogP contribution in [0.1, 0.15) is 48.9 Å². The van der Waals surface area contributed by atoms with Gasteiger partial charge in [0.25, 0.3) is 5.91 Å². The predicted molar refractivity (Wildman–Crippen MR) is 125 cm³/mol. The number of nitrogens with two attached hydrogens (primary N) is 1. The number of carbonyl (C=O) groups is 1. The molecule has 2 N–H and O–H groups in total. The molecule has 2 aromatic rings. The van der Waals surface area contributed by atoms with E-state index < -0.39 is 48.5 Å². The average molecular weight is 530 g/mol. The van der Waals surface area contributed by atoms with Crippen LogP contribution in [0.15, 0.2) is 60.6 Å². The smallest absolute Gasteiger partial charge is 0.366 e. The van der Waals surface area contributed by atoms with Crippen molar-refractivity contribution in [3.8, 4) is 0 Å². The first-order chi connectivity index (χ1) is 17.2. The molecule has 1 heterocycles. The summed E-state index contributed by atoms with van der Waals surface area (Å²) in [7, 11) is 0. The van der Waals surface area contributed by atoms with Crippen LogP contribution in [0.3, 0.4) is 0 Å². The van der Waals surface area contributed by atoms with Crippen molar-refractivity contribution >= 4 is 17.2 Å². The molecular weight excluding hydrogens is 505 g/mol. The lowest BCUT2D eigenvalue weighted by Crippen LogP contribution is -2.20. The summed E-state index contributed by atoms with van der Waals surface area (Å²) in [5, 5.41) is 5.28. The van der Waals surface area contributed by atoms with E-state index >= 15 is 0 Å². The number of amides is 1. The third-order valence-electron chi connectivity index (χ3n) is 5.38. The Morgan fingerprint density at radius 2 is 1.89 bits per heavy atom. The van der Waals surface area contributed by atoms with Gasteiger partial charge in [0.2, 0.25) is 5.95 Å². The number of benzene rings is 1. The van der Waals surface area contributed by atoms with Crippen LogP contribution in [0, 0.1) is 11.9 Å². The van der Waals surface area contributed by atoms with Crippen LogP contribution in [0.2, 0.25) is 0 Å². The Morgan fingerprint density at radius 3 is 2.41 bits per heavy atom. The topological polar surface area (TPSA) is 71.6 Å². The summed E-state index contributed by atoms with van der Waals surface area (Å²) in [5.74, 6) is -2.50. The third-order valence-corrected chi connectivity index (χ3v) is 5.38. The quantitative estimate of drug-likeness (QED) is 0.126. The lowest BCUT2D eigenvalue weighted by atomic mass is 9.92. The zero-order valence-corrected chi connectivity index (χ0v) is 20.0. The van der Waals surface area contributed by atoms with Gasteiger partial charge in [-0.1, -0.05) is 20.4 Å². The van der Waals surface area contributed by atoms with E-state index in [4.69, 9.17) is 5.73 Å². The first kappa shape index (κ1) is 29.5. The molecule has 0 saturated carbocycles. The average Bonchev–Trinajstić information content (AvgIpc) is 2.82. The van der Waals surface area contributed by atoms with Gasteiger partial charge in [-0.3, -0.25) is 4.79 Å². The van der Waals surface area contributed by atoms with Crippen LogP contribution in [-0.4, -0.2) is 27.8 Å². The monoisotopic (exact) mass is 530 g/mol. The largest absolute Gasteiger partial charge is 0.416 e. The number of primary amides is 1. The Kier molecular flexibility index (Phi) is 9.60. The molecule has 1 atom stereocenters. The highest BCUT2D eigenvalue weighted by Gasteiger charge is 2.33. The van der Waals surface area contributed by atoms with Gasteiger partial charge in [-0.05, 0) is 54.3 Å². The first-order valence-corrected chi connectivity index (χ1v) is 11.1. The molecule has 0 aliphatic heterocycles. The van der Waals surface area contributed by atoms with Crippen molar-refractivity contribution in [2.75, 3.05) is 0 Å². The molecule has 0 bridgehead atoms. The highest BCUT2D eigenvalue weighted by molar-refractivity contribution is 6.18. The van der Waals surface area contributed by atoms with E-state index in [0.29, 0.717) is 12.5 Å². The molecule has 0 fully saturated rings. The molecule has 1 aromatic heterocycles. The number of nitrogens with zero attached hydrogens (tertiary/aromatic N) is 3. The third kappa shape index (κ3) is 8.43. The number of hydrazone groups is 1. The second-order valence-corrected chi connectivity index (χ2v) is 8.14. The number of hydrogen-bond acceptors (Lipinski definition) is 4. The van der Waals surface area contributed by atoms with E-state index in [9.17, 15) is 35.5 Å². The lowest BCUT2D eigenvalue weighted by molar-refractivity contribution is -0.137. The van der Waals surface area contributed by atoms with Gasteiger partial charge >= 0.3 is 12.4 Å². The summed E-state index contributed by atoms with van der Waals surface area (Å²) >= 11 is 0. The standard InChI is InChI=1S/C25H25F7N4O/c1-4-15(3)21(17-11-16(8-9-24(27,28)29)12-18(13-17)25(30,31)32)35-36(5-2)14-20(23(33)37)19-7-6-10-34-22(19)26/h5-7,10-15H,2,4,8-9H2,1,3H3,(H2,33,37)/b20-14-,35-21+. The van der Waals surface area contributed by atoms with Crippen molar-refractivity contribution in [3.05, 3.63) is 83.7 Å². The fraction of sp³-hybridized carbons (Fsp3) is 0.320. The number of carbonyl (C=O) groups excluding carboxylic acids is 1. The maximum Gasteiger partial charge on any atom is 0.416 e. The Bertz CT molecular complexity index is 1190. The molecule has 2 rings (SSSR count). The van der Waals surface area contributed by atoms with Crippen molar-refractivity contribution in [2.24, 2.45) is 16.8 Å². The number of rotatable bonds is 10. The van der Waals surface area contributed by atoms with Gasteiger partial charge < -0.3 is 5.73 Å². The summed E-state index contributed by atoms with van der Waals surface area (Å²) in [6.45, 7) is 6.96. The normalized spacial score (nSPS) is 13.9. The van der Waals surface area contributed by atoms with Gasteiger partial charge in [0, 0.05) is 36.5 Å². The number of pyridine rings is 1. The van der Waals surface area contributed by atoms with Gasteiger partial charge in [0.05, 0.1) is 16.8 Å². The first-order valence-electron chi connectivity index (χ1n) is 11.1. The Morgan fingerprint density at radius 1 is 1.22 bits per heavy atom. The van der Waals surface area contributed by atoms with Crippen LogP contribution in [0.4, 0.5) is 30.7 Å². The summed E-state index contributed by atoms with van der Waals surface area (Å²) in [5.41, 5.74) is 3.53. The number of halogens is 7. The van der Waals surface area contributed by atoms with Crippen molar-refractivity contribution in [3.63, 3.8) is 0 Å². The van der Waals surface area contributed by atoms with Crippen molar-refractivity contribution < 1.29 is 35.5 Å². The molecule has 1 amide bonds. The minimum absolute atomic E-state index is 0.0604. The summed E-state index contributed by atoms with van der Waals surface area (Å²) in [6.07, 6.45) is -7.63. The van der Waals surface area contributed by atoms with E-state index in [1.165, 1.54) is 18.2 Å². The Labute approximate surface area is 209 Å². The van der Waals surface area contributed by atoms with Crippen molar-refractivity contribution in [1.29, 1.82) is 0 Å². The van der Waals surface area contributed by atoms with E-state index in [2.05, 4.69) is 16.7 Å². The van der Waals surface area contributed by atoms with Gasteiger partial charge in [-0.2, -0.15) is 35.8 Å². The summed E-state index contributed by atoms with van der Waals surface area (Å²) in [4.78, 5) is 15.5. The summed E-state index contributed by atoms with van der Waals surface area (Å²) < 4.78 is 93.2. The molecule has 12 heteroatoms. The minimum Gasteiger partial charge on any atom is -0.366 e. The lowest BCUT2D eigenvalue weighted by Gasteiger charge is -2.20. The van der Waals surface area contributed by atoms with Gasteiger partial charge in [0.15, 0.2) is 0 Å². The van der Waals surface area contributed by atoms with Crippen molar-refractivity contribution in [2.45, 2.75) is 45.5 Å². The molecule has 200 valence electrons. The fourth-order valence-electron chi connectivity index (χ4n) is 3.30. The molecule has 0 saturated heterocycles. The van der Waals surface area contributed by atoms with Crippen molar-refractivity contribution in [1.82, 2.24) is 9.99 Å². The number of aromatic nitrogens is 1. The molecule has 5 nitrogen and oxygen atoms in total. The Hall–Kier alpha value is -3.70. The van der Waals surface area contributed by atoms with Crippen LogP contribution in [0.25, 0.3) is 5.57 Å². The zero-order chi connectivity index (χ0) is 28.0. The number of aryl methyl sites for hydroxylation is 1. The molecular formula is C25H25F7N4O. The van der Waals surface area contributed by atoms with E-state index in [-0.39, 0.29) is 28.0 Å². The Balaban J connectivity index is 2.69. The zero-order valence-electron chi connectivity index (χ0n) is 20.0. The summed E-state index contributed by atoms with van der Waals surface area (Å²) in [6, 6.07) is 5.30. The van der Waals surface area contributed by atoms with Crippen LogP contribution >= 0.6 is 0 Å². The maximum absolute atomic E-state index is 14.2. The van der Waals surface area contributed by atoms with Crippen LogP contribution in [-0.2, 0) is 17.4 Å². The van der Waals surface area contributed by atoms with Gasteiger partial charge in [0.1, 0.15) is 0 Å². The van der Waals surface area contributed by atoms with Gasteiger partial charge in [-0.15, -0.1) is 0 Å². The second-order valence-electron chi connectivity index (χ2n) is 8.14. The highest BCUT2D eigenvalue weighted by Crippen LogP contribution is 2.33. The van der Waals surface area contributed by atoms with Gasteiger partial charge in [-0.25, -0.2) is 9.99 Å². The number of hydrogen-bond donors (Lipinski definition) is 1.